The summed E-state index contributed by atoms with van der Waals surface area (Å²) in [5.74, 6) is -0.583. The van der Waals surface area contributed by atoms with Gasteiger partial charge in [-0.2, -0.15) is 0 Å². The minimum Gasteiger partial charge on any atom is -0.469 e. The van der Waals surface area contributed by atoms with E-state index in [-0.39, 0.29) is 30.4 Å². The van der Waals surface area contributed by atoms with Gasteiger partial charge < -0.3 is 20.3 Å². The van der Waals surface area contributed by atoms with Gasteiger partial charge in [0.25, 0.3) is 5.91 Å². The molecule has 9 heteroatoms. The lowest BCUT2D eigenvalue weighted by atomic mass is 9.83. The number of aromatic nitrogens is 1. The molecule has 2 saturated carbocycles. The SMILES string of the molecule is COC(=O)[C@@H]1CN(C(=O)[C@@H](CC2CCCCC2)NC2CCCCC2)CC[C@H]1NC(=O)c1ncc(C)s1. The second kappa shape index (κ2) is 13.0. The molecule has 8 nitrogen and oxygen atoms in total. The molecule has 36 heavy (non-hydrogen) atoms. The summed E-state index contributed by atoms with van der Waals surface area (Å²) in [6.07, 6.45) is 15.2. The van der Waals surface area contributed by atoms with Gasteiger partial charge in [-0.3, -0.25) is 14.4 Å². The molecule has 2 N–H and O–H groups in total. The van der Waals surface area contributed by atoms with E-state index in [4.69, 9.17) is 4.74 Å². The van der Waals surface area contributed by atoms with Crippen molar-refractivity contribution in [2.75, 3.05) is 20.2 Å². The number of nitrogens with zero attached hydrogens (tertiary/aromatic N) is 2. The number of esters is 1. The van der Waals surface area contributed by atoms with E-state index >= 15 is 0 Å². The second-order valence-electron chi connectivity index (χ2n) is 10.9. The predicted molar refractivity (Wildman–Crippen MR) is 140 cm³/mol. The van der Waals surface area contributed by atoms with Gasteiger partial charge in [0.05, 0.1) is 19.1 Å². The van der Waals surface area contributed by atoms with Crippen molar-refractivity contribution in [3.05, 3.63) is 16.1 Å². The van der Waals surface area contributed by atoms with Crippen LogP contribution in [0.4, 0.5) is 0 Å². The van der Waals surface area contributed by atoms with Crippen molar-refractivity contribution >= 4 is 29.1 Å². The van der Waals surface area contributed by atoms with Crippen molar-refractivity contribution in [1.82, 2.24) is 20.5 Å². The molecule has 4 rings (SSSR count). The molecule has 3 atom stereocenters. The van der Waals surface area contributed by atoms with Gasteiger partial charge >= 0.3 is 5.97 Å². The Kier molecular flexibility index (Phi) is 9.76. The first-order chi connectivity index (χ1) is 17.4. The molecule has 3 fully saturated rings. The Balaban J connectivity index is 1.43. The van der Waals surface area contributed by atoms with Crippen LogP contribution in [0, 0.1) is 18.8 Å². The smallest absolute Gasteiger partial charge is 0.312 e. The lowest BCUT2D eigenvalue weighted by molar-refractivity contribution is -0.150. The van der Waals surface area contributed by atoms with Crippen molar-refractivity contribution in [3.63, 3.8) is 0 Å². The van der Waals surface area contributed by atoms with Crippen molar-refractivity contribution in [1.29, 1.82) is 0 Å². The van der Waals surface area contributed by atoms with Crippen LogP contribution in [0.2, 0.25) is 0 Å². The first-order valence-corrected chi connectivity index (χ1v) is 14.6. The van der Waals surface area contributed by atoms with Crippen molar-refractivity contribution in [2.45, 2.75) is 102 Å². The molecule has 1 aromatic rings. The third kappa shape index (κ3) is 7.06. The number of ether oxygens (including phenoxy) is 1. The van der Waals surface area contributed by atoms with Crippen molar-refractivity contribution in [2.24, 2.45) is 11.8 Å². The highest BCUT2D eigenvalue weighted by molar-refractivity contribution is 7.13. The quantitative estimate of drug-likeness (QED) is 0.507. The number of carbonyl (C=O) groups excluding carboxylic acids is 3. The van der Waals surface area contributed by atoms with Crippen LogP contribution in [0.5, 0.6) is 0 Å². The molecule has 0 unspecified atom stereocenters. The molecule has 1 aromatic heterocycles. The summed E-state index contributed by atoms with van der Waals surface area (Å²) in [7, 11) is 1.36. The summed E-state index contributed by atoms with van der Waals surface area (Å²) in [6.45, 7) is 2.68. The number of carbonyl (C=O) groups is 3. The van der Waals surface area contributed by atoms with Gasteiger partial charge in [-0.15, -0.1) is 11.3 Å². The molecular formula is C27H42N4O4S. The van der Waals surface area contributed by atoms with Gasteiger partial charge in [0.2, 0.25) is 5.91 Å². The summed E-state index contributed by atoms with van der Waals surface area (Å²) in [4.78, 5) is 46.3. The average Bonchev–Trinajstić information content (AvgIpc) is 3.35. The van der Waals surface area contributed by atoms with E-state index in [1.807, 2.05) is 11.8 Å². The van der Waals surface area contributed by atoms with E-state index in [0.717, 1.165) is 24.1 Å². The summed E-state index contributed by atoms with van der Waals surface area (Å²) in [5, 5.41) is 7.12. The van der Waals surface area contributed by atoms with E-state index in [9.17, 15) is 14.4 Å². The topological polar surface area (TPSA) is 101 Å². The predicted octanol–water partition coefficient (Wildman–Crippen LogP) is 3.83. The molecule has 2 heterocycles. The highest BCUT2D eigenvalue weighted by Gasteiger charge is 2.40. The maximum Gasteiger partial charge on any atom is 0.312 e. The molecular weight excluding hydrogens is 476 g/mol. The third-order valence-corrected chi connectivity index (χ3v) is 9.11. The van der Waals surface area contributed by atoms with Gasteiger partial charge in [0, 0.05) is 36.2 Å². The Morgan fingerprint density at radius 1 is 1.08 bits per heavy atom. The van der Waals surface area contributed by atoms with Crippen LogP contribution in [0.3, 0.4) is 0 Å². The van der Waals surface area contributed by atoms with Crippen LogP contribution in [0.1, 0.15) is 91.7 Å². The molecule has 1 saturated heterocycles. The number of nitrogens with one attached hydrogen (secondary N) is 2. The van der Waals surface area contributed by atoms with Crippen LogP contribution < -0.4 is 10.6 Å². The Hall–Kier alpha value is -2.00. The van der Waals surface area contributed by atoms with Crippen LogP contribution in [0.25, 0.3) is 0 Å². The third-order valence-electron chi connectivity index (χ3n) is 8.19. The number of aryl methyl sites for hydroxylation is 1. The van der Waals surface area contributed by atoms with Gasteiger partial charge in [0.1, 0.15) is 0 Å². The zero-order valence-electron chi connectivity index (χ0n) is 21.8. The zero-order chi connectivity index (χ0) is 25.5. The van der Waals surface area contributed by atoms with Crippen LogP contribution in [-0.4, -0.2) is 66.0 Å². The number of hydrogen-bond donors (Lipinski definition) is 2. The number of likely N-dealkylation sites (tertiary alicyclic amines) is 1. The van der Waals surface area contributed by atoms with Crippen molar-refractivity contribution in [3.8, 4) is 0 Å². The molecule has 200 valence electrons. The van der Waals surface area contributed by atoms with E-state index in [0.29, 0.717) is 29.9 Å². The highest BCUT2D eigenvalue weighted by Crippen LogP contribution is 2.30. The molecule has 0 radical (unpaired) electrons. The van der Waals surface area contributed by atoms with Crippen LogP contribution >= 0.6 is 11.3 Å². The maximum atomic E-state index is 13.9. The summed E-state index contributed by atoms with van der Waals surface area (Å²) in [6, 6.07) is -0.202. The van der Waals surface area contributed by atoms with Gasteiger partial charge in [-0.1, -0.05) is 51.4 Å². The van der Waals surface area contributed by atoms with Gasteiger partial charge in [0.15, 0.2) is 5.01 Å². The van der Waals surface area contributed by atoms with E-state index < -0.39 is 11.9 Å². The molecule has 0 aromatic carbocycles. The van der Waals surface area contributed by atoms with Crippen molar-refractivity contribution < 1.29 is 19.1 Å². The van der Waals surface area contributed by atoms with Gasteiger partial charge in [-0.25, -0.2) is 4.98 Å². The number of piperidine rings is 1. The van der Waals surface area contributed by atoms with Crippen LogP contribution in [0.15, 0.2) is 6.20 Å². The molecule has 2 aliphatic carbocycles. The number of amides is 2. The monoisotopic (exact) mass is 518 g/mol. The molecule has 1 aliphatic heterocycles. The lowest BCUT2D eigenvalue weighted by Crippen LogP contribution is -2.59. The largest absolute Gasteiger partial charge is 0.469 e. The molecule has 2 amide bonds. The van der Waals surface area contributed by atoms with E-state index in [2.05, 4.69) is 15.6 Å². The summed E-state index contributed by atoms with van der Waals surface area (Å²) in [5.41, 5.74) is 0. The first-order valence-electron chi connectivity index (χ1n) is 13.8. The second-order valence-corrected chi connectivity index (χ2v) is 12.1. The molecule has 3 aliphatic rings. The summed E-state index contributed by atoms with van der Waals surface area (Å²) < 4.78 is 5.09. The zero-order valence-corrected chi connectivity index (χ0v) is 22.6. The number of hydrogen-bond acceptors (Lipinski definition) is 7. The standard InChI is InChI=1S/C27H42N4O4S/c1-18-16-28-25(36-18)24(32)30-22-13-14-31(17-21(22)27(34)35-2)26(33)23(15-19-9-5-3-6-10-19)29-20-11-7-4-8-12-20/h16,19-23,29H,3-15,17H2,1-2H3,(H,30,32)/t21-,22-,23-/m1/s1. The first kappa shape index (κ1) is 27.0. The van der Waals surface area contributed by atoms with Crippen LogP contribution in [-0.2, 0) is 14.3 Å². The fourth-order valence-corrected chi connectivity index (χ4v) is 6.84. The Labute approximate surface area is 218 Å². The fraction of sp³-hybridized carbons (Fsp3) is 0.778. The number of methoxy groups -OCH3 is 1. The average molecular weight is 519 g/mol. The Morgan fingerprint density at radius 3 is 2.42 bits per heavy atom. The highest BCUT2D eigenvalue weighted by atomic mass is 32.1. The Bertz CT molecular complexity index is 874. The molecule has 0 bridgehead atoms. The fourth-order valence-electron chi connectivity index (χ4n) is 6.18. The van der Waals surface area contributed by atoms with E-state index in [1.54, 1.807) is 6.20 Å². The minimum atomic E-state index is -0.595. The number of thiazole rings is 1. The normalized spacial score (nSPS) is 24.8. The maximum absolute atomic E-state index is 13.9. The minimum absolute atomic E-state index is 0.0976. The summed E-state index contributed by atoms with van der Waals surface area (Å²) >= 11 is 1.33. The Morgan fingerprint density at radius 2 is 1.78 bits per heavy atom. The molecule has 0 spiro atoms. The van der Waals surface area contributed by atoms with E-state index in [1.165, 1.54) is 69.8 Å². The lowest BCUT2D eigenvalue weighted by Gasteiger charge is -2.40. The number of rotatable bonds is 8. The van der Waals surface area contributed by atoms with Gasteiger partial charge in [-0.05, 0) is 38.5 Å².